The van der Waals surface area contributed by atoms with E-state index in [1.807, 2.05) is 0 Å². The van der Waals surface area contributed by atoms with Crippen LogP contribution in [0.15, 0.2) is 18.2 Å². The summed E-state index contributed by atoms with van der Waals surface area (Å²) in [7, 11) is 0. The first-order valence-electron chi connectivity index (χ1n) is 3.54. The van der Waals surface area contributed by atoms with Crippen molar-refractivity contribution in [3.63, 3.8) is 0 Å². The molecular formula is C9H7NO3. The van der Waals surface area contributed by atoms with Gasteiger partial charge in [0.1, 0.15) is 0 Å². The lowest BCUT2D eigenvalue weighted by molar-refractivity contribution is 0.0986. The maximum atomic E-state index is 10.9. The Labute approximate surface area is 74.4 Å². The third-order valence-electron chi connectivity index (χ3n) is 1.63. The zero-order chi connectivity index (χ0) is 9.84. The summed E-state index contributed by atoms with van der Waals surface area (Å²) in [6.07, 6.45) is 0.986. The number of aldehydes is 2. The zero-order valence-electron chi connectivity index (χ0n) is 6.69. The summed E-state index contributed by atoms with van der Waals surface area (Å²) in [6, 6.07) is 4.38. The van der Waals surface area contributed by atoms with Gasteiger partial charge in [0.25, 0.3) is 0 Å². The Balaban J connectivity index is 3.46. The molecule has 2 N–H and O–H groups in total. The van der Waals surface area contributed by atoms with Gasteiger partial charge in [-0.05, 0) is 0 Å². The fraction of sp³-hybridized carbons (Fsp3) is 0. The van der Waals surface area contributed by atoms with Gasteiger partial charge in [-0.25, -0.2) is 0 Å². The summed E-state index contributed by atoms with van der Waals surface area (Å²) in [5.74, 6) is -0.773. The van der Waals surface area contributed by atoms with E-state index in [-0.39, 0.29) is 16.7 Å². The Morgan fingerprint density at radius 2 is 1.62 bits per heavy atom. The predicted molar refractivity (Wildman–Crippen MR) is 45.7 cm³/mol. The Kier molecular flexibility index (Phi) is 2.54. The highest BCUT2D eigenvalue weighted by molar-refractivity contribution is 6.06. The molecule has 13 heavy (non-hydrogen) atoms. The van der Waals surface area contributed by atoms with Crippen LogP contribution in [-0.2, 0) is 0 Å². The van der Waals surface area contributed by atoms with E-state index < -0.39 is 5.91 Å². The fourth-order valence-corrected chi connectivity index (χ4v) is 1.07. The summed E-state index contributed by atoms with van der Waals surface area (Å²) in [4.78, 5) is 31.8. The molecule has 0 atom stereocenters. The molecule has 1 amide bonds. The smallest absolute Gasteiger partial charge is 0.250 e. The molecule has 4 nitrogen and oxygen atoms in total. The van der Waals surface area contributed by atoms with E-state index in [1.165, 1.54) is 18.2 Å². The van der Waals surface area contributed by atoms with Gasteiger partial charge < -0.3 is 5.73 Å². The van der Waals surface area contributed by atoms with Crippen molar-refractivity contribution in [1.82, 2.24) is 0 Å². The molecule has 0 radical (unpaired) electrons. The molecule has 1 aromatic carbocycles. The van der Waals surface area contributed by atoms with Crippen molar-refractivity contribution in [3.05, 3.63) is 34.9 Å². The summed E-state index contributed by atoms with van der Waals surface area (Å²) >= 11 is 0. The normalized spacial score (nSPS) is 9.23. The lowest BCUT2D eigenvalue weighted by atomic mass is 10.0. The van der Waals surface area contributed by atoms with Crippen molar-refractivity contribution < 1.29 is 14.4 Å². The molecule has 0 heterocycles. The maximum Gasteiger partial charge on any atom is 0.250 e. The largest absolute Gasteiger partial charge is 0.366 e. The molecule has 0 bridgehead atoms. The van der Waals surface area contributed by atoms with Crippen LogP contribution in [0.4, 0.5) is 0 Å². The van der Waals surface area contributed by atoms with Crippen molar-refractivity contribution in [2.24, 2.45) is 5.73 Å². The van der Waals surface area contributed by atoms with Gasteiger partial charge in [0.2, 0.25) is 5.91 Å². The molecule has 0 unspecified atom stereocenters. The van der Waals surface area contributed by atoms with Gasteiger partial charge in [-0.15, -0.1) is 0 Å². The van der Waals surface area contributed by atoms with Gasteiger partial charge in [0.05, 0.1) is 5.56 Å². The van der Waals surface area contributed by atoms with E-state index >= 15 is 0 Å². The van der Waals surface area contributed by atoms with Crippen LogP contribution in [-0.4, -0.2) is 18.5 Å². The predicted octanol–water partition coefficient (Wildman–Crippen LogP) is 0.410. The van der Waals surface area contributed by atoms with Crippen molar-refractivity contribution in [3.8, 4) is 0 Å². The molecule has 0 aliphatic carbocycles. The van der Waals surface area contributed by atoms with Crippen LogP contribution in [0.25, 0.3) is 0 Å². The quantitative estimate of drug-likeness (QED) is 0.679. The van der Waals surface area contributed by atoms with Crippen LogP contribution in [0.1, 0.15) is 31.1 Å². The van der Waals surface area contributed by atoms with Crippen molar-refractivity contribution in [2.75, 3.05) is 0 Å². The number of hydrogen-bond acceptors (Lipinski definition) is 3. The molecule has 0 fully saturated rings. The van der Waals surface area contributed by atoms with Gasteiger partial charge in [-0.1, -0.05) is 18.2 Å². The standard InChI is InChI=1S/C9H7NO3/c10-9(13)8-6(4-11)2-1-3-7(8)5-12/h1-5H,(H2,10,13). The van der Waals surface area contributed by atoms with Gasteiger partial charge in [-0.3, -0.25) is 14.4 Å². The number of benzene rings is 1. The molecular weight excluding hydrogens is 170 g/mol. The van der Waals surface area contributed by atoms with Crippen LogP contribution in [0, 0.1) is 0 Å². The number of carbonyl (C=O) groups excluding carboxylic acids is 3. The molecule has 0 aliphatic heterocycles. The highest BCUT2D eigenvalue weighted by Crippen LogP contribution is 2.10. The average Bonchev–Trinajstić information content (AvgIpc) is 2.16. The SMILES string of the molecule is NC(=O)c1c(C=O)cccc1C=O. The monoisotopic (exact) mass is 177 g/mol. The van der Waals surface area contributed by atoms with Crippen molar-refractivity contribution in [2.45, 2.75) is 0 Å². The van der Waals surface area contributed by atoms with Gasteiger partial charge >= 0.3 is 0 Å². The average molecular weight is 177 g/mol. The highest BCUT2D eigenvalue weighted by atomic mass is 16.1. The highest BCUT2D eigenvalue weighted by Gasteiger charge is 2.11. The summed E-state index contributed by atoms with van der Waals surface area (Å²) in [5, 5.41) is 0. The first-order valence-corrected chi connectivity index (χ1v) is 3.54. The van der Waals surface area contributed by atoms with Gasteiger partial charge in [0.15, 0.2) is 12.6 Å². The number of amides is 1. The number of primary amides is 1. The number of rotatable bonds is 3. The molecule has 0 saturated carbocycles. The maximum absolute atomic E-state index is 10.9. The second-order valence-electron chi connectivity index (χ2n) is 2.41. The van der Waals surface area contributed by atoms with E-state index in [0.29, 0.717) is 12.6 Å². The summed E-state index contributed by atoms with van der Waals surface area (Å²) < 4.78 is 0. The van der Waals surface area contributed by atoms with Gasteiger partial charge in [-0.2, -0.15) is 0 Å². The van der Waals surface area contributed by atoms with Crippen LogP contribution in [0.5, 0.6) is 0 Å². The lowest BCUT2D eigenvalue weighted by Gasteiger charge is -2.01. The minimum atomic E-state index is -0.773. The Bertz CT molecular complexity index is 345. The number of nitrogens with two attached hydrogens (primary N) is 1. The summed E-state index contributed by atoms with van der Waals surface area (Å²) in [5.41, 5.74) is 5.26. The lowest BCUT2D eigenvalue weighted by Crippen LogP contribution is -2.16. The van der Waals surface area contributed by atoms with Gasteiger partial charge in [0, 0.05) is 11.1 Å². The molecule has 1 rings (SSSR count). The minimum absolute atomic E-state index is 0.0208. The topological polar surface area (TPSA) is 77.2 Å². The fourth-order valence-electron chi connectivity index (χ4n) is 1.07. The third-order valence-corrected chi connectivity index (χ3v) is 1.63. The Hall–Kier alpha value is -1.97. The molecule has 0 spiro atoms. The molecule has 0 aromatic heterocycles. The zero-order valence-corrected chi connectivity index (χ0v) is 6.69. The van der Waals surface area contributed by atoms with E-state index in [4.69, 9.17) is 5.73 Å². The van der Waals surface area contributed by atoms with E-state index in [9.17, 15) is 14.4 Å². The van der Waals surface area contributed by atoms with E-state index in [2.05, 4.69) is 0 Å². The van der Waals surface area contributed by atoms with Crippen molar-refractivity contribution in [1.29, 1.82) is 0 Å². The minimum Gasteiger partial charge on any atom is -0.366 e. The third kappa shape index (κ3) is 1.61. The van der Waals surface area contributed by atoms with E-state index in [0.717, 1.165) is 0 Å². The second kappa shape index (κ2) is 3.62. The molecule has 1 aromatic rings. The number of carbonyl (C=O) groups is 3. The molecule has 0 aliphatic rings. The van der Waals surface area contributed by atoms with Crippen LogP contribution in [0.2, 0.25) is 0 Å². The first-order chi connectivity index (χ1) is 6.20. The number of hydrogen-bond donors (Lipinski definition) is 1. The van der Waals surface area contributed by atoms with Crippen LogP contribution < -0.4 is 5.73 Å². The van der Waals surface area contributed by atoms with Crippen LogP contribution >= 0.6 is 0 Å². The van der Waals surface area contributed by atoms with E-state index in [1.54, 1.807) is 0 Å². The second-order valence-corrected chi connectivity index (χ2v) is 2.41. The summed E-state index contributed by atoms with van der Waals surface area (Å²) in [6.45, 7) is 0. The first kappa shape index (κ1) is 9.12. The molecule has 66 valence electrons. The van der Waals surface area contributed by atoms with Crippen molar-refractivity contribution >= 4 is 18.5 Å². The van der Waals surface area contributed by atoms with Crippen LogP contribution in [0.3, 0.4) is 0 Å². The Morgan fingerprint density at radius 3 is 1.92 bits per heavy atom. The Morgan fingerprint density at radius 1 is 1.15 bits per heavy atom. The molecule has 4 heteroatoms. The molecule has 0 saturated heterocycles.